The second-order valence-electron chi connectivity index (χ2n) is 17.1. The number of hydrogen-bond donors (Lipinski definition) is 0. The molecule has 0 aromatic heterocycles. The van der Waals surface area contributed by atoms with Gasteiger partial charge in [-0.05, 0) is 89.9 Å². The van der Waals surface area contributed by atoms with Crippen LogP contribution in [-0.2, 0) is 28.6 Å². The molecule has 0 bridgehead atoms. The van der Waals surface area contributed by atoms with Crippen LogP contribution in [0.3, 0.4) is 0 Å². The van der Waals surface area contributed by atoms with Gasteiger partial charge in [-0.15, -0.1) is 0 Å². The summed E-state index contributed by atoms with van der Waals surface area (Å²) in [6.07, 6.45) is 70.8. The fourth-order valence-electron chi connectivity index (χ4n) is 6.95. The number of rotatable bonds is 46. The van der Waals surface area contributed by atoms with E-state index in [4.69, 9.17) is 14.2 Å². The Balaban J connectivity index is 4.46. The van der Waals surface area contributed by atoms with Gasteiger partial charge in [0.15, 0.2) is 6.10 Å². The molecule has 368 valence electrons. The van der Waals surface area contributed by atoms with Crippen LogP contribution in [0.2, 0.25) is 0 Å². The number of carbonyl (C=O) groups excluding carboxylic acids is 3. The summed E-state index contributed by atoms with van der Waals surface area (Å²) in [5, 5.41) is 0. The van der Waals surface area contributed by atoms with Crippen LogP contribution in [0.4, 0.5) is 0 Å². The smallest absolute Gasteiger partial charge is 0.306 e. The summed E-state index contributed by atoms with van der Waals surface area (Å²) in [5.74, 6) is -0.997. The van der Waals surface area contributed by atoms with Crippen LogP contribution in [0.5, 0.6) is 0 Å². The lowest BCUT2D eigenvalue weighted by Crippen LogP contribution is -2.30. The van der Waals surface area contributed by atoms with Crippen molar-refractivity contribution in [2.75, 3.05) is 13.2 Å². The van der Waals surface area contributed by atoms with Crippen molar-refractivity contribution < 1.29 is 28.6 Å². The molecule has 0 radical (unpaired) electrons. The van der Waals surface area contributed by atoms with Crippen molar-refractivity contribution >= 4 is 17.9 Å². The first-order valence-corrected chi connectivity index (χ1v) is 26.5. The molecule has 65 heavy (non-hydrogen) atoms. The molecule has 0 aliphatic heterocycles. The number of esters is 3. The van der Waals surface area contributed by atoms with E-state index in [0.29, 0.717) is 19.3 Å². The molecule has 0 fully saturated rings. The van der Waals surface area contributed by atoms with E-state index in [2.05, 4.69) is 75.5 Å². The molecular formula is C59H96O6. The zero-order valence-electron chi connectivity index (χ0n) is 42.0. The molecule has 0 aliphatic rings. The lowest BCUT2D eigenvalue weighted by Gasteiger charge is -2.18. The molecule has 6 heteroatoms. The Morgan fingerprint density at radius 1 is 0.338 bits per heavy atom. The number of unbranched alkanes of at least 4 members (excludes halogenated alkanes) is 21. The van der Waals surface area contributed by atoms with Gasteiger partial charge in [-0.3, -0.25) is 14.4 Å². The minimum absolute atomic E-state index is 0.107. The maximum absolute atomic E-state index is 12.8. The molecular weight excluding hydrogens is 805 g/mol. The first-order chi connectivity index (χ1) is 32.0. The zero-order chi connectivity index (χ0) is 47.2. The highest BCUT2D eigenvalue weighted by Gasteiger charge is 2.19. The van der Waals surface area contributed by atoms with Crippen molar-refractivity contribution in [3.63, 3.8) is 0 Å². The Bertz CT molecular complexity index is 1360. The number of allylic oxidation sites excluding steroid dienone is 18. The fourth-order valence-corrected chi connectivity index (χ4v) is 6.95. The third kappa shape index (κ3) is 50.9. The highest BCUT2D eigenvalue weighted by Crippen LogP contribution is 2.14. The van der Waals surface area contributed by atoms with Crippen LogP contribution >= 0.6 is 0 Å². The van der Waals surface area contributed by atoms with Gasteiger partial charge in [-0.2, -0.15) is 0 Å². The van der Waals surface area contributed by atoms with Crippen molar-refractivity contribution in [2.24, 2.45) is 0 Å². The van der Waals surface area contributed by atoms with E-state index in [1.54, 1.807) is 0 Å². The van der Waals surface area contributed by atoms with Crippen LogP contribution in [0.15, 0.2) is 109 Å². The van der Waals surface area contributed by atoms with Crippen molar-refractivity contribution in [1.29, 1.82) is 0 Å². The second kappa shape index (κ2) is 52.7. The SMILES string of the molecule is CC\C=C/C=C\C=C/C=C\C=C/CCCC(=O)OCC(COC(=O)CCCCCCCCCCC/C=C\C/C=C\C/C=C\CC)OC(=O)CCCCCCCCC/C=C\CCCCCC. The molecule has 0 heterocycles. The lowest BCUT2D eigenvalue weighted by molar-refractivity contribution is -0.167. The highest BCUT2D eigenvalue weighted by atomic mass is 16.6. The largest absolute Gasteiger partial charge is 0.462 e. The van der Waals surface area contributed by atoms with Gasteiger partial charge in [-0.25, -0.2) is 0 Å². The van der Waals surface area contributed by atoms with E-state index in [1.165, 1.54) is 109 Å². The molecule has 0 aromatic rings. The molecule has 0 amide bonds. The topological polar surface area (TPSA) is 78.9 Å². The molecule has 0 rings (SSSR count). The molecule has 1 atom stereocenters. The van der Waals surface area contributed by atoms with E-state index in [0.717, 1.165) is 70.6 Å². The number of carbonyl (C=O) groups is 3. The van der Waals surface area contributed by atoms with E-state index < -0.39 is 6.10 Å². The lowest BCUT2D eigenvalue weighted by atomic mass is 10.1. The number of ether oxygens (including phenoxy) is 3. The van der Waals surface area contributed by atoms with Gasteiger partial charge in [0.25, 0.3) is 0 Å². The van der Waals surface area contributed by atoms with Gasteiger partial charge in [0.05, 0.1) is 0 Å². The summed E-state index contributed by atoms with van der Waals surface area (Å²) in [7, 11) is 0. The molecule has 1 unspecified atom stereocenters. The molecule has 0 N–H and O–H groups in total. The van der Waals surface area contributed by atoms with Gasteiger partial charge in [0.2, 0.25) is 0 Å². The van der Waals surface area contributed by atoms with E-state index in [-0.39, 0.29) is 37.5 Å². The predicted octanol–water partition coefficient (Wildman–Crippen LogP) is 17.5. The van der Waals surface area contributed by atoms with Crippen LogP contribution in [-0.4, -0.2) is 37.2 Å². The third-order valence-corrected chi connectivity index (χ3v) is 10.9. The number of hydrogen-bond acceptors (Lipinski definition) is 6. The minimum atomic E-state index is -0.812. The van der Waals surface area contributed by atoms with Crippen molar-refractivity contribution in [1.82, 2.24) is 0 Å². The third-order valence-electron chi connectivity index (χ3n) is 10.9. The molecule has 6 nitrogen and oxygen atoms in total. The average molecular weight is 901 g/mol. The quantitative estimate of drug-likeness (QED) is 0.0199. The van der Waals surface area contributed by atoms with Crippen molar-refractivity contribution in [2.45, 2.75) is 232 Å². The van der Waals surface area contributed by atoms with Crippen molar-refractivity contribution in [3.8, 4) is 0 Å². The standard InChI is InChI=1S/C59H96O6/c1-4-7-10-13-16-19-22-25-27-28-29-30-32-34-37-40-43-46-49-52-58(61)64-55-56(54-63-57(60)51-48-45-42-39-36-33-24-21-18-15-12-9-6-3)65-59(62)53-50-47-44-41-38-35-31-26-23-20-17-14-11-8-5-2/h7,9-10,12,15-16,18-21,23-25,27,33,36,39,42,56H,4-6,8,11,13-14,17,22,26,28-32,34-35,37-38,40-41,43-55H2,1-3H3/b10-7-,12-9-,18-15-,19-16-,23-20-,24-21-,27-25-,36-33-,42-39-. The van der Waals surface area contributed by atoms with Crippen LogP contribution in [0.25, 0.3) is 0 Å². The van der Waals surface area contributed by atoms with Crippen LogP contribution < -0.4 is 0 Å². The first kappa shape index (κ1) is 61.1. The Morgan fingerprint density at radius 3 is 1.18 bits per heavy atom. The summed E-state index contributed by atoms with van der Waals surface area (Å²) in [5.41, 5.74) is 0. The molecule has 0 saturated heterocycles. The molecule has 0 aromatic carbocycles. The van der Waals surface area contributed by atoms with E-state index >= 15 is 0 Å². The normalized spacial score (nSPS) is 13.0. The Kier molecular flexibility index (Phi) is 49.5. The van der Waals surface area contributed by atoms with Gasteiger partial charge in [-0.1, -0.05) is 226 Å². The van der Waals surface area contributed by atoms with Gasteiger partial charge in [0, 0.05) is 19.3 Å². The Labute approximate surface area is 400 Å². The average Bonchev–Trinajstić information content (AvgIpc) is 3.30. The van der Waals surface area contributed by atoms with Crippen molar-refractivity contribution in [3.05, 3.63) is 109 Å². The maximum Gasteiger partial charge on any atom is 0.306 e. The van der Waals surface area contributed by atoms with E-state index in [1.807, 2.05) is 54.7 Å². The van der Waals surface area contributed by atoms with Crippen LogP contribution in [0.1, 0.15) is 226 Å². The van der Waals surface area contributed by atoms with E-state index in [9.17, 15) is 14.4 Å². The summed E-state index contributed by atoms with van der Waals surface area (Å²) < 4.78 is 16.7. The summed E-state index contributed by atoms with van der Waals surface area (Å²) in [6.45, 7) is 6.29. The van der Waals surface area contributed by atoms with Gasteiger partial charge in [0.1, 0.15) is 13.2 Å². The predicted molar refractivity (Wildman–Crippen MR) is 279 cm³/mol. The highest BCUT2D eigenvalue weighted by molar-refractivity contribution is 5.71. The van der Waals surface area contributed by atoms with Gasteiger partial charge < -0.3 is 14.2 Å². The molecule has 0 aliphatic carbocycles. The minimum Gasteiger partial charge on any atom is -0.462 e. The summed E-state index contributed by atoms with van der Waals surface area (Å²) in [4.78, 5) is 38.0. The molecule has 0 spiro atoms. The second-order valence-corrected chi connectivity index (χ2v) is 17.1. The Morgan fingerprint density at radius 2 is 0.692 bits per heavy atom. The molecule has 0 saturated carbocycles. The monoisotopic (exact) mass is 901 g/mol. The van der Waals surface area contributed by atoms with Crippen LogP contribution in [0, 0.1) is 0 Å². The fraction of sp³-hybridized carbons (Fsp3) is 0.644. The Hall–Kier alpha value is -3.93. The summed E-state index contributed by atoms with van der Waals surface area (Å²) >= 11 is 0. The maximum atomic E-state index is 12.8. The summed E-state index contributed by atoms with van der Waals surface area (Å²) in [6, 6.07) is 0. The van der Waals surface area contributed by atoms with Gasteiger partial charge >= 0.3 is 17.9 Å². The zero-order valence-corrected chi connectivity index (χ0v) is 42.0. The first-order valence-electron chi connectivity index (χ1n) is 26.5.